The van der Waals surface area contributed by atoms with Crippen molar-refractivity contribution in [2.45, 2.75) is 18.9 Å². The van der Waals surface area contributed by atoms with Crippen molar-refractivity contribution in [3.8, 4) is 5.75 Å². The predicted molar refractivity (Wildman–Crippen MR) is 102 cm³/mol. The van der Waals surface area contributed by atoms with E-state index in [0.717, 1.165) is 11.0 Å². The number of benzene rings is 1. The first-order valence-electron chi connectivity index (χ1n) is 9.20. The highest BCUT2D eigenvalue weighted by Crippen LogP contribution is 2.24. The lowest BCUT2D eigenvalue weighted by atomic mass is 10.0. The summed E-state index contributed by atoms with van der Waals surface area (Å²) in [5, 5.41) is 5.04. The number of carbonyl (C=O) groups excluding carboxylic acids is 4. The van der Waals surface area contributed by atoms with Crippen molar-refractivity contribution in [2.24, 2.45) is 5.73 Å². The summed E-state index contributed by atoms with van der Waals surface area (Å²) in [6.45, 7) is 1.64. The first-order valence-corrected chi connectivity index (χ1v) is 9.20. The lowest BCUT2D eigenvalue weighted by Gasteiger charge is -2.28. The Kier molecular flexibility index (Phi) is 6.57. The second-order valence-electron chi connectivity index (χ2n) is 6.44. The summed E-state index contributed by atoms with van der Waals surface area (Å²) in [5.74, 6) is -1.72. The fraction of sp³-hybridized carbons (Fsp3) is 0.368. The number of amides is 4. The Hall–Kier alpha value is -3.24. The van der Waals surface area contributed by atoms with Gasteiger partial charge in [0.05, 0.1) is 13.2 Å². The van der Waals surface area contributed by atoms with E-state index in [1.54, 1.807) is 24.3 Å². The third kappa shape index (κ3) is 4.98. The molecule has 29 heavy (non-hydrogen) atoms. The Morgan fingerprint density at radius 3 is 2.76 bits per heavy atom. The molecule has 0 radical (unpaired) electrons. The molecule has 10 nitrogen and oxygen atoms in total. The van der Waals surface area contributed by atoms with Gasteiger partial charge in [0.15, 0.2) is 0 Å². The van der Waals surface area contributed by atoms with E-state index in [-0.39, 0.29) is 18.5 Å². The molecule has 4 N–H and O–H groups in total. The average molecular weight is 402 g/mol. The summed E-state index contributed by atoms with van der Waals surface area (Å²) >= 11 is 0. The van der Waals surface area contributed by atoms with Crippen molar-refractivity contribution in [3.63, 3.8) is 0 Å². The van der Waals surface area contributed by atoms with Gasteiger partial charge in [-0.05, 0) is 18.6 Å². The van der Waals surface area contributed by atoms with E-state index in [4.69, 9.17) is 15.2 Å². The maximum atomic E-state index is 12.7. The number of imide groups is 2. The van der Waals surface area contributed by atoms with E-state index >= 15 is 0 Å². The van der Waals surface area contributed by atoms with E-state index in [1.165, 1.54) is 0 Å². The molecule has 0 spiro atoms. The molecule has 1 aromatic carbocycles. The van der Waals surface area contributed by atoms with E-state index in [2.05, 4.69) is 10.6 Å². The highest BCUT2D eigenvalue weighted by atomic mass is 16.5. The van der Waals surface area contributed by atoms with Crippen LogP contribution in [0.1, 0.15) is 12.8 Å². The van der Waals surface area contributed by atoms with Crippen LogP contribution in [0.15, 0.2) is 36.0 Å². The maximum Gasteiger partial charge on any atom is 0.278 e. The molecular weight excluding hydrogens is 380 g/mol. The first-order chi connectivity index (χ1) is 14.0. The van der Waals surface area contributed by atoms with E-state index in [1.807, 2.05) is 0 Å². The average Bonchev–Trinajstić information content (AvgIpc) is 2.96. The number of hydrogen-bond donors (Lipinski definition) is 3. The number of rotatable bonds is 9. The number of nitrogens with one attached hydrogen (secondary N) is 2. The summed E-state index contributed by atoms with van der Waals surface area (Å²) in [6.07, 6.45) is 1.32. The number of hydrogen-bond acceptors (Lipinski definition) is 8. The normalized spacial score (nSPS) is 19.3. The van der Waals surface area contributed by atoms with Gasteiger partial charge in [-0.3, -0.25) is 29.4 Å². The summed E-state index contributed by atoms with van der Waals surface area (Å²) in [4.78, 5) is 49.1. The minimum absolute atomic E-state index is 0.0446. The molecule has 1 atom stereocenters. The maximum absolute atomic E-state index is 12.7. The van der Waals surface area contributed by atoms with Crippen molar-refractivity contribution in [3.05, 3.63) is 36.0 Å². The molecule has 10 heteroatoms. The van der Waals surface area contributed by atoms with Crippen LogP contribution in [0.2, 0.25) is 0 Å². The molecule has 4 amide bonds. The molecule has 1 aromatic rings. The minimum Gasteiger partial charge on any atom is -0.491 e. The Morgan fingerprint density at radius 1 is 1.17 bits per heavy atom. The van der Waals surface area contributed by atoms with Crippen molar-refractivity contribution in [1.29, 1.82) is 0 Å². The van der Waals surface area contributed by atoms with Crippen LogP contribution in [-0.2, 0) is 23.9 Å². The number of ether oxygens (including phenoxy) is 2. The van der Waals surface area contributed by atoms with E-state index in [0.29, 0.717) is 37.8 Å². The number of carbonyl (C=O) groups is 4. The molecule has 2 aliphatic rings. The summed E-state index contributed by atoms with van der Waals surface area (Å²) in [5.41, 5.74) is 5.93. The van der Waals surface area contributed by atoms with Crippen LogP contribution in [-0.4, -0.2) is 60.9 Å². The van der Waals surface area contributed by atoms with Crippen LogP contribution in [0.4, 0.5) is 5.69 Å². The molecule has 2 heterocycles. The third-order valence-corrected chi connectivity index (χ3v) is 4.35. The van der Waals surface area contributed by atoms with Crippen molar-refractivity contribution < 1.29 is 28.7 Å². The van der Waals surface area contributed by atoms with Crippen LogP contribution in [0.5, 0.6) is 5.75 Å². The van der Waals surface area contributed by atoms with Gasteiger partial charge in [-0.25, -0.2) is 0 Å². The zero-order valence-electron chi connectivity index (χ0n) is 15.7. The number of nitrogens with two attached hydrogens (primary N) is 1. The topological polar surface area (TPSA) is 140 Å². The Morgan fingerprint density at radius 2 is 2.00 bits per heavy atom. The Balaban J connectivity index is 1.61. The highest BCUT2D eigenvalue weighted by Gasteiger charge is 2.42. The molecule has 3 rings (SSSR count). The van der Waals surface area contributed by atoms with E-state index < -0.39 is 29.7 Å². The zero-order chi connectivity index (χ0) is 20.8. The molecule has 0 aromatic heterocycles. The lowest BCUT2D eigenvalue weighted by molar-refractivity contribution is -0.149. The fourth-order valence-electron chi connectivity index (χ4n) is 3.02. The van der Waals surface area contributed by atoms with Crippen LogP contribution < -0.4 is 21.1 Å². The van der Waals surface area contributed by atoms with E-state index in [9.17, 15) is 19.2 Å². The molecule has 1 saturated heterocycles. The summed E-state index contributed by atoms with van der Waals surface area (Å²) in [6, 6.07) is 5.88. The van der Waals surface area contributed by atoms with Gasteiger partial charge in [-0.1, -0.05) is 6.07 Å². The molecule has 0 aliphatic carbocycles. The van der Waals surface area contributed by atoms with Crippen LogP contribution in [0.3, 0.4) is 0 Å². The van der Waals surface area contributed by atoms with Gasteiger partial charge in [0.25, 0.3) is 11.8 Å². The number of anilines is 1. The Labute approximate surface area is 167 Å². The Bertz CT molecular complexity index is 853. The lowest BCUT2D eigenvalue weighted by Crippen LogP contribution is -2.54. The van der Waals surface area contributed by atoms with Crippen molar-refractivity contribution >= 4 is 29.3 Å². The quantitative estimate of drug-likeness (QED) is 0.371. The standard InChI is InChI=1S/C19H22N4O6/c20-6-7-28-8-9-29-13-3-1-2-12(10-13)21-14-11-17(25)23(19(14)27)15-4-5-16(24)22-18(15)26/h1-3,10-11,15,21H,4-9,20H2,(H,22,24,26). The van der Waals surface area contributed by atoms with Crippen LogP contribution in [0.25, 0.3) is 0 Å². The van der Waals surface area contributed by atoms with Gasteiger partial charge < -0.3 is 20.5 Å². The van der Waals surface area contributed by atoms with Gasteiger partial charge >= 0.3 is 0 Å². The molecule has 1 unspecified atom stereocenters. The summed E-state index contributed by atoms with van der Waals surface area (Å²) < 4.78 is 10.8. The largest absolute Gasteiger partial charge is 0.491 e. The molecular formula is C19H22N4O6. The number of piperidine rings is 1. The van der Waals surface area contributed by atoms with Gasteiger partial charge in [0, 0.05) is 30.8 Å². The zero-order valence-corrected chi connectivity index (χ0v) is 15.7. The van der Waals surface area contributed by atoms with Crippen LogP contribution in [0, 0.1) is 0 Å². The highest BCUT2D eigenvalue weighted by molar-refractivity contribution is 6.20. The molecule has 1 fully saturated rings. The number of nitrogens with zero attached hydrogens (tertiary/aromatic N) is 1. The summed E-state index contributed by atoms with van der Waals surface area (Å²) in [7, 11) is 0. The second-order valence-corrected chi connectivity index (χ2v) is 6.44. The third-order valence-electron chi connectivity index (χ3n) is 4.35. The minimum atomic E-state index is -0.994. The smallest absolute Gasteiger partial charge is 0.278 e. The van der Waals surface area contributed by atoms with Gasteiger partial charge in [-0.15, -0.1) is 0 Å². The monoisotopic (exact) mass is 402 g/mol. The fourth-order valence-corrected chi connectivity index (χ4v) is 3.02. The molecule has 154 valence electrons. The molecule has 0 saturated carbocycles. The second kappa shape index (κ2) is 9.30. The molecule has 0 bridgehead atoms. The SMILES string of the molecule is NCCOCCOc1cccc(NC2=CC(=O)N(C3CCC(=O)NC3=O)C2=O)c1. The first kappa shape index (κ1) is 20.5. The predicted octanol–water partition coefficient (Wildman–Crippen LogP) is -0.489. The van der Waals surface area contributed by atoms with Crippen molar-refractivity contribution in [2.75, 3.05) is 31.7 Å². The van der Waals surface area contributed by atoms with Gasteiger partial charge in [0.1, 0.15) is 24.1 Å². The van der Waals surface area contributed by atoms with Gasteiger partial charge in [0.2, 0.25) is 11.8 Å². The molecule has 2 aliphatic heterocycles. The van der Waals surface area contributed by atoms with Gasteiger partial charge in [-0.2, -0.15) is 0 Å². The van der Waals surface area contributed by atoms with Crippen molar-refractivity contribution in [1.82, 2.24) is 10.2 Å². The van der Waals surface area contributed by atoms with Crippen LogP contribution >= 0.6 is 0 Å².